The molecule has 0 aliphatic carbocycles. The van der Waals surface area contributed by atoms with Crippen molar-refractivity contribution >= 4 is 24.7 Å². The minimum atomic E-state index is -3.93. The number of benzene rings is 3. The fourth-order valence-corrected chi connectivity index (χ4v) is 4.04. The second-order valence-electron chi connectivity index (χ2n) is 4.94. The van der Waals surface area contributed by atoms with Crippen molar-refractivity contribution in [3.63, 3.8) is 0 Å². The first-order valence-electron chi connectivity index (χ1n) is 7.01. The smallest absolute Gasteiger partial charge is 1.00 e. The number of para-hydroxylation sites is 1. The van der Waals surface area contributed by atoms with Gasteiger partial charge in [0.2, 0.25) is 0 Å². The fourth-order valence-electron chi connectivity index (χ4n) is 2.32. The normalized spacial score (nSPS) is 10.7. The van der Waals surface area contributed by atoms with E-state index in [1.807, 2.05) is 36.4 Å². The summed E-state index contributed by atoms with van der Waals surface area (Å²) in [6.07, 6.45) is 0. The maximum atomic E-state index is 12.7. The van der Waals surface area contributed by atoms with E-state index in [2.05, 4.69) is 9.24 Å². The molecule has 0 amide bonds. The van der Waals surface area contributed by atoms with Crippen LogP contribution in [0.2, 0.25) is 0 Å². The van der Waals surface area contributed by atoms with E-state index in [0.29, 0.717) is 11.3 Å². The number of hydrogen-bond donors (Lipinski definition) is 0. The SMILES string of the molecule is O=S(=O)(Oc1ccccc1)c1cccc(P)c1-c1ccccc1.[H-].[Li+]. The molecule has 0 aliphatic heterocycles. The predicted molar refractivity (Wildman–Crippen MR) is 96.6 cm³/mol. The van der Waals surface area contributed by atoms with Crippen LogP contribution in [-0.4, -0.2) is 8.42 Å². The van der Waals surface area contributed by atoms with Crippen LogP contribution in [0.3, 0.4) is 0 Å². The van der Waals surface area contributed by atoms with Gasteiger partial charge in [-0.1, -0.05) is 60.7 Å². The Balaban J connectivity index is 0.00000156. The van der Waals surface area contributed by atoms with Crippen molar-refractivity contribution < 1.29 is 32.9 Å². The molecule has 0 spiro atoms. The van der Waals surface area contributed by atoms with Crippen LogP contribution in [-0.2, 0) is 10.1 Å². The molecule has 118 valence electrons. The summed E-state index contributed by atoms with van der Waals surface area (Å²) in [5, 5.41) is 0.800. The van der Waals surface area contributed by atoms with Gasteiger partial charge in [0.05, 0.1) is 0 Å². The standard InChI is InChI=1S/C18H15O3PS.Li.H/c19-23(20,21-15-10-5-2-6-11-15)17-13-7-12-16(22)18(17)14-8-3-1-4-9-14;;/h1-13H,22H2;;/q;+1;-1. The molecule has 3 nitrogen and oxygen atoms in total. The van der Waals surface area contributed by atoms with Crippen LogP contribution in [0.25, 0.3) is 11.1 Å². The van der Waals surface area contributed by atoms with Crippen molar-refractivity contribution in [1.29, 1.82) is 0 Å². The molecule has 0 aromatic heterocycles. The van der Waals surface area contributed by atoms with Crippen LogP contribution < -0.4 is 28.3 Å². The molecule has 0 N–H and O–H groups in total. The quantitative estimate of drug-likeness (QED) is 0.396. The Labute approximate surface area is 158 Å². The average molecular weight is 350 g/mol. The zero-order valence-electron chi connectivity index (χ0n) is 14.2. The van der Waals surface area contributed by atoms with Gasteiger partial charge < -0.3 is 5.61 Å². The fraction of sp³-hybridized carbons (Fsp3) is 0. The third-order valence-electron chi connectivity index (χ3n) is 3.34. The first kappa shape index (κ1) is 18.8. The Morgan fingerprint density at radius 3 is 2.00 bits per heavy atom. The van der Waals surface area contributed by atoms with Gasteiger partial charge in [0.25, 0.3) is 0 Å². The van der Waals surface area contributed by atoms with E-state index in [-0.39, 0.29) is 25.2 Å². The summed E-state index contributed by atoms with van der Waals surface area (Å²) < 4.78 is 30.7. The second kappa shape index (κ2) is 8.01. The van der Waals surface area contributed by atoms with Crippen molar-refractivity contribution in [2.45, 2.75) is 4.90 Å². The van der Waals surface area contributed by atoms with E-state index in [1.54, 1.807) is 42.5 Å². The summed E-state index contributed by atoms with van der Waals surface area (Å²) in [6, 6.07) is 23.0. The molecule has 3 aromatic rings. The Morgan fingerprint density at radius 2 is 1.38 bits per heavy atom. The molecule has 0 saturated carbocycles. The molecular formula is C18H16LiO3PS. The number of rotatable bonds is 4. The topological polar surface area (TPSA) is 43.4 Å². The van der Waals surface area contributed by atoms with Crippen molar-refractivity contribution in [1.82, 2.24) is 0 Å². The van der Waals surface area contributed by atoms with Gasteiger partial charge in [0.1, 0.15) is 10.6 Å². The maximum Gasteiger partial charge on any atom is 1.00 e. The Hall–Kier alpha value is -1.56. The summed E-state index contributed by atoms with van der Waals surface area (Å²) in [7, 11) is -1.35. The number of hydrogen-bond acceptors (Lipinski definition) is 3. The largest absolute Gasteiger partial charge is 1.00 e. The van der Waals surface area contributed by atoms with Crippen LogP contribution >= 0.6 is 9.24 Å². The van der Waals surface area contributed by atoms with Gasteiger partial charge in [-0.3, -0.25) is 0 Å². The molecule has 1 atom stereocenters. The minimum Gasteiger partial charge on any atom is -1.00 e. The van der Waals surface area contributed by atoms with Crippen molar-refractivity contribution in [2.24, 2.45) is 0 Å². The predicted octanol–water partition coefficient (Wildman–Crippen LogP) is 0.738. The van der Waals surface area contributed by atoms with Crippen LogP contribution in [0.15, 0.2) is 83.8 Å². The van der Waals surface area contributed by atoms with Crippen LogP contribution in [0.4, 0.5) is 0 Å². The summed E-state index contributed by atoms with van der Waals surface area (Å²) in [4.78, 5) is 0.153. The molecule has 3 aromatic carbocycles. The van der Waals surface area contributed by atoms with Gasteiger partial charge in [0.15, 0.2) is 0 Å². The third-order valence-corrected chi connectivity index (χ3v) is 5.11. The third kappa shape index (κ3) is 4.09. The van der Waals surface area contributed by atoms with Crippen molar-refractivity contribution in [2.75, 3.05) is 0 Å². The Kier molecular flexibility index (Phi) is 6.26. The van der Waals surface area contributed by atoms with Gasteiger partial charge in [0, 0.05) is 5.56 Å². The first-order chi connectivity index (χ1) is 11.1. The van der Waals surface area contributed by atoms with Gasteiger partial charge in [-0.05, 0) is 29.1 Å². The maximum absolute atomic E-state index is 12.7. The van der Waals surface area contributed by atoms with Crippen molar-refractivity contribution in [3.8, 4) is 16.9 Å². The second-order valence-corrected chi connectivity index (χ2v) is 7.07. The molecule has 0 saturated heterocycles. The van der Waals surface area contributed by atoms with Gasteiger partial charge in [-0.2, -0.15) is 8.42 Å². The van der Waals surface area contributed by atoms with E-state index in [9.17, 15) is 8.42 Å². The minimum absolute atomic E-state index is 0. The Bertz CT molecular complexity index is 920. The molecule has 0 radical (unpaired) electrons. The first-order valence-corrected chi connectivity index (χ1v) is 9.00. The van der Waals surface area contributed by atoms with E-state index in [0.717, 1.165) is 10.9 Å². The molecule has 1 unspecified atom stereocenters. The van der Waals surface area contributed by atoms with E-state index < -0.39 is 10.1 Å². The molecule has 3 rings (SSSR count). The van der Waals surface area contributed by atoms with E-state index >= 15 is 0 Å². The zero-order chi connectivity index (χ0) is 16.3. The van der Waals surface area contributed by atoms with Gasteiger partial charge in [-0.15, -0.1) is 9.24 Å². The van der Waals surface area contributed by atoms with Gasteiger partial charge >= 0.3 is 29.0 Å². The molecule has 0 aliphatic rings. The molecular weight excluding hydrogens is 334 g/mol. The molecule has 6 heteroatoms. The summed E-state index contributed by atoms with van der Waals surface area (Å²) in [6.45, 7) is 0. The molecule has 24 heavy (non-hydrogen) atoms. The summed E-state index contributed by atoms with van der Waals surface area (Å²) in [5.41, 5.74) is 1.46. The van der Waals surface area contributed by atoms with Crippen molar-refractivity contribution in [3.05, 3.63) is 78.9 Å². The summed E-state index contributed by atoms with van der Waals surface area (Å²) in [5.74, 6) is 0.292. The van der Waals surface area contributed by atoms with Crippen LogP contribution in [0.5, 0.6) is 5.75 Å². The zero-order valence-corrected chi connectivity index (χ0v) is 15.2. The van der Waals surface area contributed by atoms with Crippen LogP contribution in [0, 0.1) is 0 Å². The molecule has 0 heterocycles. The van der Waals surface area contributed by atoms with Gasteiger partial charge in [-0.25, -0.2) is 0 Å². The molecule has 0 fully saturated rings. The molecule has 0 bridgehead atoms. The van der Waals surface area contributed by atoms with E-state index in [1.165, 1.54) is 0 Å². The Morgan fingerprint density at radius 1 is 0.792 bits per heavy atom. The summed E-state index contributed by atoms with van der Waals surface area (Å²) >= 11 is 0. The van der Waals surface area contributed by atoms with E-state index in [4.69, 9.17) is 4.18 Å². The monoisotopic (exact) mass is 350 g/mol. The average Bonchev–Trinajstić information content (AvgIpc) is 2.56. The van der Waals surface area contributed by atoms with Crippen LogP contribution in [0.1, 0.15) is 1.43 Å².